The summed E-state index contributed by atoms with van der Waals surface area (Å²) in [5.41, 5.74) is 10.0. The van der Waals surface area contributed by atoms with Crippen molar-refractivity contribution in [2.75, 3.05) is 19.8 Å². The summed E-state index contributed by atoms with van der Waals surface area (Å²) in [5.74, 6) is 0.903. The Bertz CT molecular complexity index is 1030. The summed E-state index contributed by atoms with van der Waals surface area (Å²) in [6.45, 7) is 1.62. The van der Waals surface area contributed by atoms with Crippen molar-refractivity contribution in [3.05, 3.63) is 83.4 Å². The maximum Gasteiger partial charge on any atom is 0.239 e. The van der Waals surface area contributed by atoms with Gasteiger partial charge in [0.2, 0.25) is 5.91 Å². The van der Waals surface area contributed by atoms with Crippen LogP contribution in [0.25, 0.3) is 0 Å². The highest BCUT2D eigenvalue weighted by Gasteiger charge is 2.20. The number of amides is 1. The van der Waals surface area contributed by atoms with Crippen molar-refractivity contribution in [1.29, 1.82) is 0 Å². The third-order valence-electron chi connectivity index (χ3n) is 5.34. The normalized spacial score (nSPS) is 13.5. The van der Waals surface area contributed by atoms with Crippen LogP contribution in [0.3, 0.4) is 0 Å². The molecule has 0 bridgehead atoms. The summed E-state index contributed by atoms with van der Waals surface area (Å²) in [6.07, 6.45) is 9.94. The van der Waals surface area contributed by atoms with Crippen LogP contribution in [0.15, 0.2) is 61.2 Å². The first-order chi connectivity index (χ1) is 15.2. The molecule has 0 fully saturated rings. The Balaban J connectivity index is 1.39. The summed E-state index contributed by atoms with van der Waals surface area (Å²) in [7, 11) is 0. The lowest BCUT2D eigenvalue weighted by atomic mass is 10.00. The van der Waals surface area contributed by atoms with Gasteiger partial charge >= 0.3 is 0 Å². The van der Waals surface area contributed by atoms with Crippen molar-refractivity contribution in [3.8, 4) is 11.5 Å². The third kappa shape index (κ3) is 5.38. The van der Waals surface area contributed by atoms with Crippen molar-refractivity contribution in [3.63, 3.8) is 0 Å². The lowest BCUT2D eigenvalue weighted by molar-refractivity contribution is -0.120. The van der Waals surface area contributed by atoms with E-state index in [1.807, 2.05) is 42.7 Å². The average molecular weight is 418 g/mol. The number of nitrogens with two attached hydrogens (primary N) is 1. The molecule has 7 nitrogen and oxygen atoms in total. The van der Waals surface area contributed by atoms with E-state index in [2.05, 4.69) is 21.4 Å². The van der Waals surface area contributed by atoms with Gasteiger partial charge < -0.3 is 20.5 Å². The van der Waals surface area contributed by atoms with Crippen LogP contribution in [0.4, 0.5) is 0 Å². The highest BCUT2D eigenvalue weighted by Crippen LogP contribution is 2.32. The lowest BCUT2D eigenvalue weighted by Crippen LogP contribution is -2.35. The Morgan fingerprint density at radius 1 is 0.968 bits per heavy atom. The number of aryl methyl sites for hydroxylation is 2. The number of hydrogen-bond donors (Lipinski definition) is 2. The molecule has 1 atom stereocenters. The average Bonchev–Trinajstić information content (AvgIpc) is 2.81. The maximum atomic E-state index is 12.1. The van der Waals surface area contributed by atoms with Gasteiger partial charge in [-0.1, -0.05) is 12.1 Å². The van der Waals surface area contributed by atoms with E-state index in [-0.39, 0.29) is 0 Å². The molecule has 0 saturated heterocycles. The number of fused-ring (bicyclic) bond motifs is 1. The molecule has 160 valence electrons. The largest absolute Gasteiger partial charge is 0.486 e. The number of ether oxygens (including phenoxy) is 2. The van der Waals surface area contributed by atoms with Crippen molar-refractivity contribution < 1.29 is 14.3 Å². The Labute approximate surface area is 181 Å². The van der Waals surface area contributed by atoms with Crippen molar-refractivity contribution in [2.45, 2.75) is 25.3 Å². The fourth-order valence-corrected chi connectivity index (χ4v) is 3.72. The van der Waals surface area contributed by atoms with E-state index < -0.39 is 11.9 Å². The number of aromatic nitrogens is 2. The molecule has 0 saturated carbocycles. The van der Waals surface area contributed by atoms with Crippen LogP contribution < -0.4 is 20.5 Å². The topological polar surface area (TPSA) is 99.4 Å². The van der Waals surface area contributed by atoms with Gasteiger partial charge in [0.25, 0.3) is 0 Å². The van der Waals surface area contributed by atoms with Gasteiger partial charge in [-0.15, -0.1) is 0 Å². The molecule has 1 aliphatic rings. The van der Waals surface area contributed by atoms with Gasteiger partial charge in [-0.25, -0.2) is 0 Å². The number of hydrogen-bond acceptors (Lipinski definition) is 6. The molecule has 2 aromatic heterocycles. The molecule has 4 rings (SSSR count). The Hall–Kier alpha value is -3.45. The summed E-state index contributed by atoms with van der Waals surface area (Å²) in [6, 6.07) is 11.0. The molecule has 0 spiro atoms. The number of carbonyl (C=O) groups is 1. The predicted octanol–water partition coefficient (Wildman–Crippen LogP) is 2.39. The predicted molar refractivity (Wildman–Crippen MR) is 117 cm³/mol. The smallest absolute Gasteiger partial charge is 0.239 e. The van der Waals surface area contributed by atoms with E-state index in [0.29, 0.717) is 31.3 Å². The zero-order valence-electron chi connectivity index (χ0n) is 17.3. The van der Waals surface area contributed by atoms with Gasteiger partial charge in [-0.3, -0.25) is 14.8 Å². The molecule has 0 aliphatic carbocycles. The Morgan fingerprint density at radius 2 is 1.81 bits per heavy atom. The van der Waals surface area contributed by atoms with Crippen molar-refractivity contribution in [1.82, 2.24) is 15.3 Å². The molecule has 7 heteroatoms. The summed E-state index contributed by atoms with van der Waals surface area (Å²) in [4.78, 5) is 20.6. The summed E-state index contributed by atoms with van der Waals surface area (Å²) in [5, 5.41) is 3.29. The highest BCUT2D eigenvalue weighted by molar-refractivity contribution is 5.81. The van der Waals surface area contributed by atoms with E-state index in [1.165, 1.54) is 16.7 Å². The number of pyridine rings is 2. The Kier molecular flexibility index (Phi) is 6.74. The van der Waals surface area contributed by atoms with Gasteiger partial charge in [-0.05, 0) is 65.8 Å². The first-order valence-electron chi connectivity index (χ1n) is 10.4. The fraction of sp³-hybridized carbons (Fsp3) is 0.292. The fourth-order valence-electron chi connectivity index (χ4n) is 3.72. The molecule has 3 heterocycles. The van der Waals surface area contributed by atoms with Crippen LogP contribution in [0.1, 0.15) is 28.3 Å². The van der Waals surface area contributed by atoms with E-state index in [9.17, 15) is 4.79 Å². The maximum absolute atomic E-state index is 12.1. The summed E-state index contributed by atoms with van der Waals surface area (Å²) < 4.78 is 11.2. The lowest BCUT2D eigenvalue weighted by Gasteiger charge is -2.21. The molecular formula is C24H26N4O3. The minimum Gasteiger partial charge on any atom is -0.486 e. The minimum atomic E-state index is -0.600. The number of primary amides is 1. The van der Waals surface area contributed by atoms with Gasteiger partial charge in [0, 0.05) is 31.3 Å². The number of nitrogens with zero attached hydrogens (tertiary/aromatic N) is 2. The van der Waals surface area contributed by atoms with Crippen LogP contribution >= 0.6 is 0 Å². The first kappa shape index (κ1) is 20.8. The SMILES string of the molecule is NC(=O)C(NCCc1ccncc1CCc1cccnc1)c1ccc2c(c1)OCCO2. The van der Waals surface area contributed by atoms with Crippen LogP contribution in [-0.2, 0) is 24.1 Å². The minimum absolute atomic E-state index is 0.428. The highest BCUT2D eigenvalue weighted by atomic mass is 16.6. The molecule has 1 aromatic carbocycles. The van der Waals surface area contributed by atoms with Crippen molar-refractivity contribution >= 4 is 5.91 Å². The molecule has 1 aliphatic heterocycles. The number of benzene rings is 1. The van der Waals surface area contributed by atoms with E-state index >= 15 is 0 Å². The van der Waals surface area contributed by atoms with Gasteiger partial charge in [0.15, 0.2) is 11.5 Å². The van der Waals surface area contributed by atoms with Crippen LogP contribution in [0, 0.1) is 0 Å². The van der Waals surface area contributed by atoms with E-state index in [4.69, 9.17) is 15.2 Å². The van der Waals surface area contributed by atoms with Gasteiger partial charge in [0.05, 0.1) is 0 Å². The standard InChI is InChI=1S/C24H26N4O3/c25-24(29)23(19-5-6-21-22(14-19)31-13-12-30-21)28-11-8-18-7-10-27-16-20(18)4-3-17-2-1-9-26-15-17/h1-2,5-7,9-10,14-16,23,28H,3-4,8,11-13H2,(H2,25,29). The van der Waals surface area contributed by atoms with Gasteiger partial charge in [0.1, 0.15) is 19.3 Å². The molecular weight excluding hydrogens is 392 g/mol. The van der Waals surface area contributed by atoms with Gasteiger partial charge in [-0.2, -0.15) is 0 Å². The zero-order valence-corrected chi connectivity index (χ0v) is 17.3. The molecule has 3 N–H and O–H groups in total. The second-order valence-electron chi connectivity index (χ2n) is 7.45. The molecule has 1 amide bonds. The second kappa shape index (κ2) is 10.0. The quantitative estimate of drug-likeness (QED) is 0.554. The second-order valence-corrected chi connectivity index (χ2v) is 7.45. The molecule has 3 aromatic rings. The number of carbonyl (C=O) groups excluding carboxylic acids is 1. The molecule has 31 heavy (non-hydrogen) atoms. The molecule has 1 unspecified atom stereocenters. The monoisotopic (exact) mass is 418 g/mol. The zero-order chi connectivity index (χ0) is 21.5. The van der Waals surface area contributed by atoms with Crippen LogP contribution in [0.5, 0.6) is 11.5 Å². The first-order valence-corrected chi connectivity index (χ1v) is 10.4. The van der Waals surface area contributed by atoms with Crippen molar-refractivity contribution in [2.24, 2.45) is 5.73 Å². The molecule has 0 radical (unpaired) electrons. The number of rotatable bonds is 9. The van der Waals surface area contributed by atoms with E-state index in [1.54, 1.807) is 12.4 Å². The van der Waals surface area contributed by atoms with Crippen LogP contribution in [0.2, 0.25) is 0 Å². The van der Waals surface area contributed by atoms with E-state index in [0.717, 1.165) is 24.8 Å². The van der Waals surface area contributed by atoms with Crippen LogP contribution in [-0.4, -0.2) is 35.6 Å². The summed E-state index contributed by atoms with van der Waals surface area (Å²) >= 11 is 0. The Morgan fingerprint density at radius 3 is 2.61 bits per heavy atom. The third-order valence-corrected chi connectivity index (χ3v) is 5.34. The number of nitrogens with one attached hydrogen (secondary N) is 1.